The molecule has 7 heteroatoms. The maximum absolute atomic E-state index is 13.2. The van der Waals surface area contributed by atoms with Crippen molar-refractivity contribution in [3.05, 3.63) is 92.3 Å². The Hall–Kier alpha value is -3.45. The molecule has 0 spiro atoms. The predicted molar refractivity (Wildman–Crippen MR) is 122 cm³/mol. The third-order valence-corrected chi connectivity index (χ3v) is 6.11. The van der Waals surface area contributed by atoms with Gasteiger partial charge in [0.05, 0.1) is 34.0 Å². The standard InChI is InChI=1S/C23H17BrN4O2/c1-26-19-13-28(15-11-14-7-3-6-10-18(14)25-12-15)21(16-8-4-5-9-17(16)24)20(19)22(29)27(2)23(26)30/h3-13H,1-2H3. The van der Waals surface area contributed by atoms with E-state index in [0.29, 0.717) is 16.6 Å². The van der Waals surface area contributed by atoms with Crippen LogP contribution in [0.15, 0.2) is 81.1 Å². The predicted octanol–water partition coefficient (Wildman–Crippen LogP) is 4.01. The molecule has 0 saturated heterocycles. The molecule has 0 amide bonds. The highest BCUT2D eigenvalue weighted by Crippen LogP contribution is 2.35. The van der Waals surface area contributed by atoms with Crippen molar-refractivity contribution in [1.82, 2.24) is 18.7 Å². The second kappa shape index (κ2) is 6.81. The van der Waals surface area contributed by atoms with Crippen LogP contribution in [0.5, 0.6) is 0 Å². The van der Waals surface area contributed by atoms with Crippen molar-refractivity contribution >= 4 is 37.7 Å². The first-order chi connectivity index (χ1) is 14.5. The highest BCUT2D eigenvalue weighted by atomic mass is 79.9. The molecule has 3 heterocycles. The Kier molecular flexibility index (Phi) is 4.22. The van der Waals surface area contributed by atoms with E-state index in [0.717, 1.165) is 31.2 Å². The molecule has 3 aromatic heterocycles. The molecule has 0 fully saturated rings. The first-order valence-electron chi connectivity index (χ1n) is 9.38. The van der Waals surface area contributed by atoms with Crippen molar-refractivity contribution in [2.75, 3.05) is 0 Å². The second-order valence-electron chi connectivity index (χ2n) is 7.18. The van der Waals surface area contributed by atoms with Crippen molar-refractivity contribution in [3.63, 3.8) is 0 Å². The average Bonchev–Trinajstić information content (AvgIpc) is 3.17. The lowest BCUT2D eigenvalue weighted by molar-refractivity contribution is 0.714. The van der Waals surface area contributed by atoms with Gasteiger partial charge in [0.1, 0.15) is 0 Å². The molecule has 0 N–H and O–H groups in total. The molecule has 0 aliphatic carbocycles. The Labute approximate surface area is 179 Å². The summed E-state index contributed by atoms with van der Waals surface area (Å²) in [5.74, 6) is 0. The van der Waals surface area contributed by atoms with Crippen molar-refractivity contribution in [2.24, 2.45) is 14.1 Å². The molecule has 0 atom stereocenters. The van der Waals surface area contributed by atoms with Crippen molar-refractivity contribution in [1.29, 1.82) is 0 Å². The summed E-state index contributed by atoms with van der Waals surface area (Å²) in [4.78, 5) is 30.3. The minimum Gasteiger partial charge on any atom is -0.312 e. The number of hydrogen-bond acceptors (Lipinski definition) is 3. The number of aromatic nitrogens is 4. The van der Waals surface area contributed by atoms with Crippen LogP contribution in [-0.2, 0) is 14.1 Å². The van der Waals surface area contributed by atoms with Gasteiger partial charge in [-0.05, 0) is 18.2 Å². The molecule has 0 aliphatic heterocycles. The fraction of sp³-hybridized carbons (Fsp3) is 0.0870. The maximum atomic E-state index is 13.2. The zero-order valence-corrected chi connectivity index (χ0v) is 17.9. The smallest absolute Gasteiger partial charge is 0.312 e. The summed E-state index contributed by atoms with van der Waals surface area (Å²) < 4.78 is 5.44. The van der Waals surface area contributed by atoms with Crippen LogP contribution in [0.25, 0.3) is 38.8 Å². The monoisotopic (exact) mass is 460 g/mol. The van der Waals surface area contributed by atoms with Crippen LogP contribution in [0.3, 0.4) is 0 Å². The zero-order valence-electron chi connectivity index (χ0n) is 16.3. The molecule has 2 aromatic carbocycles. The van der Waals surface area contributed by atoms with Gasteiger partial charge in [0, 0.05) is 35.7 Å². The normalized spacial score (nSPS) is 11.4. The molecule has 6 nitrogen and oxygen atoms in total. The fourth-order valence-corrected chi connectivity index (χ4v) is 4.33. The van der Waals surface area contributed by atoms with Gasteiger partial charge in [-0.2, -0.15) is 0 Å². The molecule has 30 heavy (non-hydrogen) atoms. The SMILES string of the molecule is Cn1c(=O)c2c(-c3ccccc3Br)n(-c3cnc4ccccc4c3)cc2n(C)c1=O. The Morgan fingerprint density at radius 1 is 0.933 bits per heavy atom. The lowest BCUT2D eigenvalue weighted by Gasteiger charge is -2.12. The number of fused-ring (bicyclic) bond motifs is 2. The van der Waals surface area contributed by atoms with Crippen LogP contribution >= 0.6 is 15.9 Å². The summed E-state index contributed by atoms with van der Waals surface area (Å²) in [5, 5.41) is 1.48. The van der Waals surface area contributed by atoms with Crippen molar-refractivity contribution in [3.8, 4) is 16.9 Å². The van der Waals surface area contributed by atoms with E-state index >= 15 is 0 Å². The third-order valence-electron chi connectivity index (χ3n) is 5.42. The van der Waals surface area contributed by atoms with Gasteiger partial charge >= 0.3 is 5.69 Å². The topological polar surface area (TPSA) is 61.8 Å². The van der Waals surface area contributed by atoms with Gasteiger partial charge in [0.2, 0.25) is 0 Å². The molecule has 5 rings (SSSR count). The highest BCUT2D eigenvalue weighted by Gasteiger charge is 2.21. The second-order valence-corrected chi connectivity index (χ2v) is 8.03. The molecular formula is C23H17BrN4O2. The average molecular weight is 461 g/mol. The van der Waals surface area contributed by atoms with Crippen LogP contribution in [0, 0.1) is 0 Å². The van der Waals surface area contributed by atoms with Gasteiger partial charge in [0.25, 0.3) is 5.56 Å². The van der Waals surface area contributed by atoms with Crippen LogP contribution in [0.4, 0.5) is 0 Å². The van der Waals surface area contributed by atoms with E-state index in [1.807, 2.05) is 65.4 Å². The summed E-state index contributed by atoms with van der Waals surface area (Å²) in [6, 6.07) is 17.6. The van der Waals surface area contributed by atoms with Crippen LogP contribution in [0.2, 0.25) is 0 Å². The van der Waals surface area contributed by atoms with E-state index in [1.165, 1.54) is 11.6 Å². The summed E-state index contributed by atoms with van der Waals surface area (Å²) in [6.07, 6.45) is 3.61. The quantitative estimate of drug-likeness (QED) is 0.399. The van der Waals surface area contributed by atoms with Gasteiger partial charge < -0.3 is 4.57 Å². The Balaban J connectivity index is 1.97. The Morgan fingerprint density at radius 3 is 2.47 bits per heavy atom. The summed E-state index contributed by atoms with van der Waals surface area (Å²) in [5.41, 5.74) is 3.16. The molecule has 0 unspecified atom stereocenters. The van der Waals surface area contributed by atoms with Gasteiger partial charge in [-0.25, -0.2) is 4.79 Å². The summed E-state index contributed by atoms with van der Waals surface area (Å²) in [7, 11) is 3.18. The van der Waals surface area contributed by atoms with E-state index in [1.54, 1.807) is 13.2 Å². The Morgan fingerprint density at radius 2 is 1.67 bits per heavy atom. The van der Waals surface area contributed by atoms with E-state index in [9.17, 15) is 9.59 Å². The molecular weight excluding hydrogens is 444 g/mol. The minimum atomic E-state index is -0.361. The van der Waals surface area contributed by atoms with Gasteiger partial charge in [-0.3, -0.25) is 18.9 Å². The van der Waals surface area contributed by atoms with Gasteiger partial charge in [-0.15, -0.1) is 0 Å². The van der Waals surface area contributed by atoms with Crippen LogP contribution < -0.4 is 11.2 Å². The fourth-order valence-electron chi connectivity index (χ4n) is 3.85. The highest BCUT2D eigenvalue weighted by molar-refractivity contribution is 9.10. The number of rotatable bonds is 2. The van der Waals surface area contributed by atoms with E-state index in [-0.39, 0.29) is 11.2 Å². The first-order valence-corrected chi connectivity index (χ1v) is 10.2. The van der Waals surface area contributed by atoms with Crippen LogP contribution in [-0.4, -0.2) is 18.7 Å². The third kappa shape index (κ3) is 2.66. The van der Waals surface area contributed by atoms with Crippen LogP contribution in [0.1, 0.15) is 0 Å². The van der Waals surface area contributed by atoms with Gasteiger partial charge in [-0.1, -0.05) is 52.3 Å². The van der Waals surface area contributed by atoms with Gasteiger partial charge in [0.15, 0.2) is 0 Å². The summed E-state index contributed by atoms with van der Waals surface area (Å²) >= 11 is 3.62. The van der Waals surface area contributed by atoms with E-state index in [2.05, 4.69) is 20.9 Å². The summed E-state index contributed by atoms with van der Waals surface area (Å²) in [6.45, 7) is 0. The molecule has 0 saturated carbocycles. The first kappa shape index (κ1) is 18.6. The number of pyridine rings is 1. The van der Waals surface area contributed by atoms with E-state index < -0.39 is 0 Å². The number of aryl methyl sites for hydroxylation is 1. The largest absolute Gasteiger partial charge is 0.330 e. The molecule has 0 bridgehead atoms. The molecule has 5 aromatic rings. The number of halogens is 1. The number of para-hydroxylation sites is 1. The lowest BCUT2D eigenvalue weighted by Crippen LogP contribution is -2.36. The minimum absolute atomic E-state index is 0.327. The molecule has 148 valence electrons. The van der Waals surface area contributed by atoms with Crippen molar-refractivity contribution in [2.45, 2.75) is 0 Å². The molecule has 0 radical (unpaired) electrons. The molecule has 0 aliphatic rings. The van der Waals surface area contributed by atoms with E-state index in [4.69, 9.17) is 0 Å². The number of benzene rings is 2. The zero-order chi connectivity index (χ0) is 21.0. The maximum Gasteiger partial charge on any atom is 0.330 e. The number of hydrogen-bond donors (Lipinski definition) is 0. The lowest BCUT2D eigenvalue weighted by atomic mass is 10.1. The van der Waals surface area contributed by atoms with Crippen molar-refractivity contribution < 1.29 is 0 Å². The number of nitrogens with zero attached hydrogens (tertiary/aromatic N) is 4. The Bertz CT molecular complexity index is 1580.